The van der Waals surface area contributed by atoms with Crippen molar-refractivity contribution in [2.45, 2.75) is 65.7 Å². The van der Waals surface area contributed by atoms with Crippen molar-refractivity contribution in [2.24, 2.45) is 0 Å². The zero-order chi connectivity index (χ0) is 16.9. The highest BCUT2D eigenvalue weighted by Crippen LogP contribution is 2.45. The van der Waals surface area contributed by atoms with Crippen molar-refractivity contribution >= 4 is 57.9 Å². The molecule has 22 heavy (non-hydrogen) atoms. The molecule has 0 aromatic carbocycles. The van der Waals surface area contributed by atoms with Gasteiger partial charge in [0.1, 0.15) is 0 Å². The lowest BCUT2D eigenvalue weighted by molar-refractivity contribution is 0.324. The van der Waals surface area contributed by atoms with E-state index in [0.717, 1.165) is 13.2 Å². The van der Waals surface area contributed by atoms with Crippen molar-refractivity contribution in [1.82, 2.24) is 0 Å². The molecule has 2 nitrogen and oxygen atoms in total. The Hall–Kier alpha value is 1.75. The minimum absolute atomic E-state index is 0.872. The smallest absolute Gasteiger partial charge is 0.202 e. The van der Waals surface area contributed by atoms with E-state index in [1.54, 1.807) is 0 Å². The molecule has 134 valence electrons. The Morgan fingerprint density at radius 1 is 0.591 bits per heavy atom. The Bertz CT molecular complexity index is 239. The summed E-state index contributed by atoms with van der Waals surface area (Å²) in [5.74, 6) is 0. The second-order valence-corrected chi connectivity index (χ2v) is 21.2. The van der Waals surface area contributed by atoms with Crippen molar-refractivity contribution in [2.75, 3.05) is 24.0 Å². The van der Waals surface area contributed by atoms with Crippen LogP contribution >= 0.6 is 41.2 Å². The predicted octanol–water partition coefficient (Wildman–Crippen LogP) is 6.79. The van der Waals surface area contributed by atoms with Crippen molar-refractivity contribution in [3.8, 4) is 0 Å². The van der Waals surface area contributed by atoms with Crippen molar-refractivity contribution in [1.29, 1.82) is 0 Å². The lowest BCUT2D eigenvalue weighted by Crippen LogP contribution is -2.40. The van der Waals surface area contributed by atoms with Gasteiger partial charge >= 0.3 is 0 Å². The molecule has 0 amide bonds. The van der Waals surface area contributed by atoms with Crippen LogP contribution in [0, 0.1) is 0 Å². The second-order valence-electron chi connectivity index (χ2n) is 5.31. The number of hydrogen-bond acceptors (Lipinski definition) is 6. The molecule has 8 heteroatoms. The Labute approximate surface area is 155 Å². The van der Waals surface area contributed by atoms with Crippen LogP contribution in [0.25, 0.3) is 0 Å². The van der Waals surface area contributed by atoms with E-state index in [1.165, 1.54) is 34.9 Å². The van der Waals surface area contributed by atoms with Gasteiger partial charge in [-0.3, -0.25) is 0 Å². The third-order valence-corrected chi connectivity index (χ3v) is 23.2. The van der Waals surface area contributed by atoms with Gasteiger partial charge in [-0.2, -0.15) is 0 Å². The highest BCUT2D eigenvalue weighted by Gasteiger charge is 2.32. The molecular formula is C14H34O2S4Si2. The summed E-state index contributed by atoms with van der Waals surface area (Å²) in [7, 11) is 4.94. The summed E-state index contributed by atoms with van der Waals surface area (Å²) >= 11 is 0. The van der Waals surface area contributed by atoms with Crippen LogP contribution in [0.3, 0.4) is 0 Å². The van der Waals surface area contributed by atoms with Crippen molar-refractivity contribution < 1.29 is 8.85 Å². The third kappa shape index (κ3) is 8.73. The molecule has 0 spiro atoms. The van der Waals surface area contributed by atoms with E-state index in [4.69, 9.17) is 8.85 Å². The largest absolute Gasteiger partial charge is 0.416 e. The summed E-state index contributed by atoms with van der Waals surface area (Å²) in [6.07, 6.45) is 0. The van der Waals surface area contributed by atoms with Gasteiger partial charge in [-0.05, 0) is 57.7 Å². The van der Waals surface area contributed by atoms with Crippen LogP contribution in [0.15, 0.2) is 0 Å². The van der Waals surface area contributed by atoms with Crippen LogP contribution in [-0.2, 0) is 8.85 Å². The molecule has 0 bridgehead atoms. The summed E-state index contributed by atoms with van der Waals surface area (Å²) in [6.45, 7) is 15.2. The van der Waals surface area contributed by atoms with E-state index >= 15 is 0 Å². The van der Waals surface area contributed by atoms with E-state index in [0.29, 0.717) is 0 Å². The molecule has 0 radical (unpaired) electrons. The molecule has 0 N–H and O–H groups in total. The monoisotopic (exact) mass is 418 g/mol. The first kappa shape index (κ1) is 23.8. The lowest BCUT2D eigenvalue weighted by Gasteiger charge is -2.28. The van der Waals surface area contributed by atoms with Gasteiger partial charge in [0.15, 0.2) is 0 Å². The second kappa shape index (κ2) is 14.0. The average molecular weight is 419 g/mol. The molecule has 0 fully saturated rings. The van der Waals surface area contributed by atoms with Gasteiger partial charge in [-0.15, -0.1) is 0 Å². The normalized spacial score (nSPS) is 12.8. The first-order chi connectivity index (χ1) is 10.6. The van der Waals surface area contributed by atoms with Gasteiger partial charge in [-0.1, -0.05) is 49.3 Å². The number of rotatable bonds is 15. The average Bonchev–Trinajstić information content (AvgIpc) is 2.56. The Morgan fingerprint density at radius 2 is 0.909 bits per heavy atom. The minimum atomic E-state index is -1.46. The fourth-order valence-electron chi connectivity index (χ4n) is 2.31. The Morgan fingerprint density at radius 3 is 1.14 bits per heavy atom. The summed E-state index contributed by atoms with van der Waals surface area (Å²) in [5.41, 5.74) is 0. The molecule has 0 atom stereocenters. The highest BCUT2D eigenvalue weighted by atomic mass is 33.7. The maximum Gasteiger partial charge on any atom is 0.202 e. The van der Waals surface area contributed by atoms with Crippen LogP contribution in [0.5, 0.6) is 0 Å². The summed E-state index contributed by atoms with van der Waals surface area (Å²) in [5, 5.41) is 2.42. The molecule has 0 aromatic heterocycles. The number of hydrogen-bond donors (Lipinski definition) is 0. The van der Waals surface area contributed by atoms with Gasteiger partial charge in [-0.25, -0.2) is 0 Å². The molecular weight excluding hydrogens is 385 g/mol. The van der Waals surface area contributed by atoms with Crippen LogP contribution in [0.2, 0.25) is 24.2 Å². The summed E-state index contributed by atoms with van der Waals surface area (Å²) < 4.78 is 12.3. The Kier molecular flexibility index (Phi) is 15.1. The van der Waals surface area contributed by atoms with Crippen LogP contribution < -0.4 is 0 Å². The molecule has 0 rings (SSSR count). The lowest BCUT2D eigenvalue weighted by atomic mass is 10.9. The molecule has 0 aromatic rings. The topological polar surface area (TPSA) is 18.5 Å². The van der Waals surface area contributed by atoms with Gasteiger partial charge in [0.05, 0.1) is 0 Å². The van der Waals surface area contributed by atoms with Gasteiger partial charge in [0, 0.05) is 24.0 Å². The molecule has 0 aliphatic carbocycles. The van der Waals surface area contributed by atoms with Crippen LogP contribution in [-0.4, -0.2) is 40.6 Å². The molecule has 0 heterocycles. The van der Waals surface area contributed by atoms with E-state index in [1.807, 2.05) is 41.2 Å². The van der Waals surface area contributed by atoms with E-state index in [9.17, 15) is 0 Å². The maximum atomic E-state index is 6.13. The molecule has 0 aliphatic rings. The van der Waals surface area contributed by atoms with Crippen molar-refractivity contribution in [3.63, 3.8) is 0 Å². The van der Waals surface area contributed by atoms with Crippen LogP contribution in [0.1, 0.15) is 41.5 Å². The van der Waals surface area contributed by atoms with Crippen LogP contribution in [0.4, 0.5) is 0 Å². The van der Waals surface area contributed by atoms with E-state index in [-0.39, 0.29) is 0 Å². The fourth-order valence-corrected chi connectivity index (χ4v) is 21.9. The van der Waals surface area contributed by atoms with Gasteiger partial charge in [0.2, 0.25) is 16.6 Å². The standard InChI is InChI=1S/C14H34O2S4Si2/c1-7-15-21(9-3,10-4)13-17-19-20-18-14-22(11-5,12-6)16-8-2/h7-14H2,1-6H3. The zero-order valence-electron chi connectivity index (χ0n) is 15.1. The first-order valence-electron chi connectivity index (χ1n) is 8.43. The Balaban J connectivity index is 4.01. The van der Waals surface area contributed by atoms with Gasteiger partial charge < -0.3 is 8.85 Å². The first-order valence-corrected chi connectivity index (χ1v) is 18.6. The molecule has 0 saturated carbocycles. The molecule has 0 unspecified atom stereocenters. The predicted molar refractivity (Wildman–Crippen MR) is 117 cm³/mol. The minimum Gasteiger partial charge on any atom is -0.416 e. The quantitative estimate of drug-likeness (QED) is 0.164. The molecule has 0 aliphatic heterocycles. The van der Waals surface area contributed by atoms with Crippen molar-refractivity contribution in [3.05, 3.63) is 0 Å². The zero-order valence-corrected chi connectivity index (χ0v) is 20.4. The fraction of sp³-hybridized carbons (Fsp3) is 1.00. The maximum absolute atomic E-state index is 6.13. The third-order valence-electron chi connectivity index (χ3n) is 4.25. The van der Waals surface area contributed by atoms with Gasteiger partial charge in [0.25, 0.3) is 0 Å². The summed E-state index contributed by atoms with van der Waals surface area (Å²) in [4.78, 5) is 0. The SMILES string of the molecule is CCO[Si](CC)(CC)CSSSSC[Si](CC)(CC)OCC. The highest BCUT2D eigenvalue weighted by molar-refractivity contribution is 9.26. The summed E-state index contributed by atoms with van der Waals surface area (Å²) in [6, 6.07) is 4.92. The molecule has 0 saturated heterocycles. The van der Waals surface area contributed by atoms with E-state index < -0.39 is 16.6 Å². The van der Waals surface area contributed by atoms with E-state index in [2.05, 4.69) is 41.5 Å².